The maximum absolute atomic E-state index is 11.2. The van der Waals surface area contributed by atoms with Crippen molar-refractivity contribution in [2.24, 2.45) is 17.1 Å². The zero-order valence-corrected chi connectivity index (χ0v) is 12.2. The third-order valence-corrected chi connectivity index (χ3v) is 3.64. The van der Waals surface area contributed by atoms with Crippen molar-refractivity contribution in [3.8, 4) is 0 Å². The maximum atomic E-state index is 11.2. The van der Waals surface area contributed by atoms with E-state index < -0.39 is 0 Å². The van der Waals surface area contributed by atoms with Crippen LogP contribution in [-0.2, 0) is 9.53 Å². The van der Waals surface area contributed by atoms with Crippen LogP contribution in [0.3, 0.4) is 0 Å². The number of likely N-dealkylation sites (N-methyl/N-ethyl adjacent to an activating group) is 1. The lowest BCUT2D eigenvalue weighted by Gasteiger charge is -2.39. The van der Waals surface area contributed by atoms with Crippen LogP contribution in [0.2, 0.25) is 0 Å². The number of nitrogens with two attached hydrogens (primary N) is 1. The smallest absolute Gasteiger partial charge is 0.236 e. The molecular weight excluding hydrogens is 228 g/mol. The second kappa shape index (κ2) is 6.53. The Labute approximate surface area is 111 Å². The maximum Gasteiger partial charge on any atom is 0.236 e. The number of primary amides is 1. The first-order chi connectivity index (χ1) is 8.34. The van der Waals surface area contributed by atoms with E-state index in [1.165, 1.54) is 6.42 Å². The van der Waals surface area contributed by atoms with E-state index in [9.17, 15) is 4.79 Å². The van der Waals surface area contributed by atoms with Gasteiger partial charge in [0.25, 0.3) is 0 Å². The Morgan fingerprint density at radius 3 is 2.67 bits per heavy atom. The average molecular weight is 256 g/mol. The molecule has 0 aliphatic heterocycles. The van der Waals surface area contributed by atoms with Gasteiger partial charge in [-0.3, -0.25) is 4.79 Å². The molecule has 1 amide bonds. The quantitative estimate of drug-likeness (QED) is 0.760. The summed E-state index contributed by atoms with van der Waals surface area (Å²) in [5.41, 5.74) is 5.67. The summed E-state index contributed by atoms with van der Waals surface area (Å²) in [5, 5.41) is 3.05. The van der Waals surface area contributed by atoms with Gasteiger partial charge in [-0.05, 0) is 37.1 Å². The molecule has 0 radical (unpaired) electrons. The number of nitrogens with one attached hydrogen (secondary N) is 1. The second-order valence-corrected chi connectivity index (χ2v) is 6.38. The van der Waals surface area contributed by atoms with Crippen LogP contribution in [0.1, 0.15) is 47.0 Å². The molecule has 0 spiro atoms. The summed E-state index contributed by atoms with van der Waals surface area (Å²) < 4.78 is 5.90. The van der Waals surface area contributed by atoms with Gasteiger partial charge in [0.15, 0.2) is 0 Å². The number of hydrogen-bond donors (Lipinski definition) is 2. The summed E-state index contributed by atoms with van der Waals surface area (Å²) in [6.45, 7) is 9.92. The van der Waals surface area contributed by atoms with E-state index in [-0.39, 0.29) is 18.1 Å². The van der Waals surface area contributed by atoms with Gasteiger partial charge in [-0.2, -0.15) is 0 Å². The highest BCUT2D eigenvalue weighted by Crippen LogP contribution is 2.39. The van der Waals surface area contributed by atoms with E-state index in [4.69, 9.17) is 10.5 Å². The van der Waals surface area contributed by atoms with Crippen LogP contribution in [0.15, 0.2) is 0 Å². The summed E-state index contributed by atoms with van der Waals surface area (Å²) in [6, 6.07) is -0.365. The van der Waals surface area contributed by atoms with Gasteiger partial charge < -0.3 is 15.8 Å². The first-order valence-corrected chi connectivity index (χ1v) is 6.98. The highest BCUT2D eigenvalue weighted by Gasteiger charge is 2.33. The van der Waals surface area contributed by atoms with Crippen LogP contribution >= 0.6 is 0 Å². The second-order valence-electron chi connectivity index (χ2n) is 6.38. The summed E-state index contributed by atoms with van der Waals surface area (Å²) in [4.78, 5) is 11.2. The fourth-order valence-electron chi connectivity index (χ4n) is 3.11. The topological polar surface area (TPSA) is 64.3 Å². The van der Waals surface area contributed by atoms with Crippen molar-refractivity contribution in [1.29, 1.82) is 0 Å². The fraction of sp³-hybridized carbons (Fsp3) is 0.929. The molecule has 1 aliphatic carbocycles. The van der Waals surface area contributed by atoms with E-state index >= 15 is 0 Å². The molecule has 18 heavy (non-hydrogen) atoms. The van der Waals surface area contributed by atoms with Crippen LogP contribution in [0.5, 0.6) is 0 Å². The molecule has 3 N–H and O–H groups in total. The normalized spacial score (nSPS) is 28.9. The highest BCUT2D eigenvalue weighted by molar-refractivity contribution is 5.79. The fourth-order valence-corrected chi connectivity index (χ4v) is 3.11. The highest BCUT2D eigenvalue weighted by atomic mass is 16.5. The minimum atomic E-state index is -0.365. The van der Waals surface area contributed by atoms with E-state index in [0.29, 0.717) is 17.9 Å². The van der Waals surface area contributed by atoms with Gasteiger partial charge in [-0.25, -0.2) is 0 Å². The molecule has 0 aromatic heterocycles. The Balaban J connectivity index is 2.44. The molecule has 3 atom stereocenters. The number of ether oxygens (including phenoxy) is 1. The van der Waals surface area contributed by atoms with E-state index in [1.807, 2.05) is 6.92 Å². The van der Waals surface area contributed by atoms with E-state index in [0.717, 1.165) is 19.4 Å². The number of hydrogen-bond acceptors (Lipinski definition) is 3. The third-order valence-electron chi connectivity index (χ3n) is 3.64. The van der Waals surface area contributed by atoms with Gasteiger partial charge in [-0.15, -0.1) is 0 Å². The Kier molecular flexibility index (Phi) is 5.60. The van der Waals surface area contributed by atoms with E-state index in [2.05, 4.69) is 26.1 Å². The first-order valence-electron chi connectivity index (χ1n) is 6.98. The summed E-state index contributed by atoms with van der Waals surface area (Å²) >= 11 is 0. The summed E-state index contributed by atoms with van der Waals surface area (Å²) in [7, 11) is 0. The van der Waals surface area contributed by atoms with Gasteiger partial charge in [0.1, 0.15) is 6.04 Å². The van der Waals surface area contributed by atoms with Crippen LogP contribution in [0.4, 0.5) is 0 Å². The van der Waals surface area contributed by atoms with Gasteiger partial charge in [0, 0.05) is 0 Å². The zero-order valence-electron chi connectivity index (χ0n) is 12.2. The SMILES string of the molecule is CCNC(COC1CC(C)CC(C)(C)C1)C(N)=O. The van der Waals surface area contributed by atoms with Crippen molar-refractivity contribution in [3.05, 3.63) is 0 Å². The Morgan fingerprint density at radius 1 is 1.50 bits per heavy atom. The van der Waals surface area contributed by atoms with Crippen molar-refractivity contribution < 1.29 is 9.53 Å². The van der Waals surface area contributed by atoms with Crippen molar-refractivity contribution in [3.63, 3.8) is 0 Å². The molecule has 0 aromatic rings. The number of rotatable bonds is 6. The van der Waals surface area contributed by atoms with Gasteiger partial charge >= 0.3 is 0 Å². The summed E-state index contributed by atoms with van der Waals surface area (Å²) in [6.07, 6.45) is 3.65. The average Bonchev–Trinajstić information content (AvgIpc) is 2.20. The molecule has 1 fully saturated rings. The van der Waals surface area contributed by atoms with Crippen molar-refractivity contribution in [2.45, 2.75) is 59.1 Å². The Hall–Kier alpha value is -0.610. The number of carbonyl (C=O) groups excluding carboxylic acids is 1. The zero-order chi connectivity index (χ0) is 13.8. The Bertz CT molecular complexity index is 279. The lowest BCUT2D eigenvalue weighted by atomic mass is 9.71. The molecule has 4 nitrogen and oxygen atoms in total. The lowest BCUT2D eigenvalue weighted by molar-refractivity contribution is -0.123. The number of amides is 1. The minimum Gasteiger partial charge on any atom is -0.376 e. The Morgan fingerprint density at radius 2 is 2.17 bits per heavy atom. The molecule has 1 rings (SSSR count). The summed E-state index contributed by atoms with van der Waals surface area (Å²) in [5.74, 6) is 0.352. The van der Waals surface area contributed by atoms with Crippen molar-refractivity contribution >= 4 is 5.91 Å². The van der Waals surface area contributed by atoms with E-state index in [1.54, 1.807) is 0 Å². The molecule has 4 heteroatoms. The molecule has 106 valence electrons. The first kappa shape index (κ1) is 15.4. The van der Waals surface area contributed by atoms with Gasteiger partial charge in [-0.1, -0.05) is 27.7 Å². The molecule has 1 saturated carbocycles. The minimum absolute atomic E-state index is 0.254. The molecule has 0 bridgehead atoms. The van der Waals surface area contributed by atoms with Crippen LogP contribution < -0.4 is 11.1 Å². The monoisotopic (exact) mass is 256 g/mol. The number of carbonyl (C=O) groups is 1. The van der Waals surface area contributed by atoms with Crippen LogP contribution in [-0.4, -0.2) is 31.2 Å². The third kappa shape index (κ3) is 4.94. The molecule has 0 heterocycles. The standard InChI is InChI=1S/C14H28N2O2/c1-5-16-12(13(15)17)9-18-11-6-10(2)7-14(3,4)8-11/h10-12,16H,5-9H2,1-4H3,(H2,15,17). The predicted octanol–water partition coefficient (Wildman–Crippen LogP) is 1.68. The molecule has 0 aromatic carbocycles. The largest absolute Gasteiger partial charge is 0.376 e. The molecule has 1 aliphatic rings. The van der Waals surface area contributed by atoms with Crippen molar-refractivity contribution in [1.82, 2.24) is 5.32 Å². The molecule has 3 unspecified atom stereocenters. The predicted molar refractivity (Wildman–Crippen MR) is 73.2 cm³/mol. The van der Waals surface area contributed by atoms with Gasteiger partial charge in [0.05, 0.1) is 12.7 Å². The molecule has 0 saturated heterocycles. The van der Waals surface area contributed by atoms with Crippen LogP contribution in [0, 0.1) is 11.3 Å². The van der Waals surface area contributed by atoms with Crippen LogP contribution in [0.25, 0.3) is 0 Å². The molecular formula is C14H28N2O2. The van der Waals surface area contributed by atoms with Crippen molar-refractivity contribution in [2.75, 3.05) is 13.2 Å². The lowest BCUT2D eigenvalue weighted by Crippen LogP contribution is -2.46. The van der Waals surface area contributed by atoms with Gasteiger partial charge in [0.2, 0.25) is 5.91 Å².